The molecule has 1 nitrogen and oxygen atoms in total. The largest absolute Gasteiger partial charge is 0.310 e. The summed E-state index contributed by atoms with van der Waals surface area (Å²) in [5.74, 6) is 0. The third-order valence-corrected chi connectivity index (χ3v) is 11.4. The van der Waals surface area contributed by atoms with Crippen molar-refractivity contribution < 1.29 is 0 Å². The molecule has 0 aliphatic heterocycles. The molecule has 0 spiro atoms. The summed E-state index contributed by atoms with van der Waals surface area (Å²) >= 11 is 0. The van der Waals surface area contributed by atoms with E-state index in [2.05, 4.69) is 230 Å². The molecule has 1 aliphatic carbocycles. The maximum Gasteiger partial charge on any atom is 0.0714 e. The van der Waals surface area contributed by atoms with E-state index in [1.54, 1.807) is 0 Å². The average Bonchev–Trinajstić information content (AvgIpc) is 3.56. The minimum absolute atomic E-state index is 0.510. The van der Waals surface area contributed by atoms with Gasteiger partial charge >= 0.3 is 0 Å². The molecule has 0 amide bonds. The van der Waals surface area contributed by atoms with Crippen molar-refractivity contribution in [1.29, 1.82) is 0 Å². The molecule has 10 rings (SSSR count). The highest BCUT2D eigenvalue weighted by Crippen LogP contribution is 2.58. The van der Waals surface area contributed by atoms with Crippen molar-refractivity contribution >= 4 is 27.8 Å². The molecular weight excluding hydrogens is 663 g/mol. The quantitative estimate of drug-likeness (QED) is 0.160. The Kier molecular flexibility index (Phi) is 8.00. The summed E-state index contributed by atoms with van der Waals surface area (Å²) in [6.07, 6.45) is 0. The SMILES string of the molecule is Cc1cccc2c1-c1ccc(N(c3ccc(-c4ccccc4)cc3)c3cc4ccccc4cc3-c3ccccc3)cc1C2(c1ccccc1)c1ccccc1. The van der Waals surface area contributed by atoms with Gasteiger partial charge in [-0.3, -0.25) is 0 Å². The fraction of sp³-hybridized carbons (Fsp3) is 0.0370. The second-order valence-electron chi connectivity index (χ2n) is 14.5. The number of hydrogen-bond donors (Lipinski definition) is 0. The van der Waals surface area contributed by atoms with Gasteiger partial charge in [-0.2, -0.15) is 0 Å². The Morgan fingerprint density at radius 1 is 0.364 bits per heavy atom. The van der Waals surface area contributed by atoms with Crippen molar-refractivity contribution in [3.8, 4) is 33.4 Å². The molecule has 0 unspecified atom stereocenters. The highest BCUT2D eigenvalue weighted by atomic mass is 15.1. The van der Waals surface area contributed by atoms with Crippen LogP contribution in [0.15, 0.2) is 218 Å². The molecule has 0 aromatic heterocycles. The van der Waals surface area contributed by atoms with Crippen LogP contribution in [0.4, 0.5) is 17.1 Å². The second-order valence-corrected chi connectivity index (χ2v) is 14.5. The topological polar surface area (TPSA) is 3.24 Å². The molecule has 55 heavy (non-hydrogen) atoms. The summed E-state index contributed by atoms with van der Waals surface area (Å²) in [6, 6.07) is 80.1. The van der Waals surface area contributed by atoms with E-state index in [9.17, 15) is 0 Å². The minimum Gasteiger partial charge on any atom is -0.310 e. The van der Waals surface area contributed by atoms with Crippen molar-refractivity contribution in [2.24, 2.45) is 0 Å². The molecule has 0 bridgehead atoms. The first-order valence-electron chi connectivity index (χ1n) is 19.1. The molecule has 0 saturated carbocycles. The van der Waals surface area contributed by atoms with Crippen LogP contribution < -0.4 is 4.90 Å². The van der Waals surface area contributed by atoms with Gasteiger partial charge in [0.15, 0.2) is 0 Å². The van der Waals surface area contributed by atoms with Crippen LogP contribution in [-0.4, -0.2) is 0 Å². The maximum absolute atomic E-state index is 2.48. The van der Waals surface area contributed by atoms with E-state index in [4.69, 9.17) is 0 Å². The molecule has 1 aliphatic rings. The monoisotopic (exact) mass is 701 g/mol. The number of aryl methyl sites for hydroxylation is 1. The van der Waals surface area contributed by atoms with Gasteiger partial charge in [0.1, 0.15) is 0 Å². The smallest absolute Gasteiger partial charge is 0.0714 e. The van der Waals surface area contributed by atoms with Gasteiger partial charge in [-0.15, -0.1) is 0 Å². The third-order valence-electron chi connectivity index (χ3n) is 11.4. The molecule has 1 heteroatoms. The summed E-state index contributed by atoms with van der Waals surface area (Å²) in [6.45, 7) is 2.25. The van der Waals surface area contributed by atoms with Crippen LogP contribution in [0.2, 0.25) is 0 Å². The first-order chi connectivity index (χ1) is 27.2. The standard InChI is InChI=1S/C54H39N/c1-38-17-16-28-50-53(38)48-34-33-47(37-51(48)54(50,44-24-10-4-11-25-44)45-26-12-5-13-27-45)55(46-31-29-40(30-32-46)39-18-6-2-7-19-39)52-36-43-23-15-14-22-42(43)35-49(52)41-20-8-3-9-21-41/h2-37H,1H3. The molecule has 9 aromatic carbocycles. The van der Waals surface area contributed by atoms with E-state index >= 15 is 0 Å². The Morgan fingerprint density at radius 2 is 0.891 bits per heavy atom. The molecule has 0 radical (unpaired) electrons. The van der Waals surface area contributed by atoms with Gasteiger partial charge in [0, 0.05) is 16.9 Å². The Labute approximate surface area is 323 Å². The van der Waals surface area contributed by atoms with Crippen LogP contribution in [0, 0.1) is 6.92 Å². The molecular formula is C54H39N. The van der Waals surface area contributed by atoms with Gasteiger partial charge in [-0.25, -0.2) is 0 Å². The second kappa shape index (κ2) is 13.5. The fourth-order valence-corrected chi connectivity index (χ4v) is 8.97. The summed E-state index contributed by atoms with van der Waals surface area (Å²) < 4.78 is 0. The summed E-state index contributed by atoms with van der Waals surface area (Å²) in [5.41, 5.74) is 16.6. The Bertz CT molecular complexity index is 2750. The van der Waals surface area contributed by atoms with Crippen molar-refractivity contribution in [2.45, 2.75) is 12.3 Å². The first kappa shape index (κ1) is 32.7. The van der Waals surface area contributed by atoms with Crippen molar-refractivity contribution in [3.05, 3.63) is 246 Å². The lowest BCUT2D eigenvalue weighted by Gasteiger charge is -2.35. The summed E-state index contributed by atoms with van der Waals surface area (Å²) in [5, 5.41) is 2.42. The molecule has 9 aromatic rings. The summed E-state index contributed by atoms with van der Waals surface area (Å²) in [7, 11) is 0. The fourth-order valence-electron chi connectivity index (χ4n) is 8.97. The first-order valence-corrected chi connectivity index (χ1v) is 19.1. The maximum atomic E-state index is 2.48. The summed E-state index contributed by atoms with van der Waals surface area (Å²) in [4.78, 5) is 2.47. The Balaban J connectivity index is 1.28. The normalized spacial score (nSPS) is 12.6. The Morgan fingerprint density at radius 3 is 1.53 bits per heavy atom. The lowest BCUT2D eigenvalue weighted by Crippen LogP contribution is -2.28. The highest BCUT2D eigenvalue weighted by molar-refractivity contribution is 5.99. The van der Waals surface area contributed by atoms with Gasteiger partial charge in [-0.1, -0.05) is 182 Å². The molecule has 0 heterocycles. The zero-order valence-corrected chi connectivity index (χ0v) is 30.7. The van der Waals surface area contributed by atoms with Crippen molar-refractivity contribution in [1.82, 2.24) is 0 Å². The predicted molar refractivity (Wildman–Crippen MR) is 232 cm³/mol. The van der Waals surface area contributed by atoms with Gasteiger partial charge in [0.25, 0.3) is 0 Å². The lowest BCUT2D eigenvalue weighted by atomic mass is 9.67. The van der Waals surface area contributed by atoms with Crippen LogP contribution in [0.5, 0.6) is 0 Å². The number of nitrogens with zero attached hydrogens (tertiary/aromatic N) is 1. The Hall–Kier alpha value is -6.96. The molecule has 0 N–H and O–H groups in total. The van der Waals surface area contributed by atoms with Gasteiger partial charge in [0.2, 0.25) is 0 Å². The van der Waals surface area contributed by atoms with Crippen LogP contribution in [0.25, 0.3) is 44.2 Å². The minimum atomic E-state index is -0.510. The van der Waals surface area contributed by atoms with Gasteiger partial charge in [-0.05, 0) is 110 Å². The van der Waals surface area contributed by atoms with Crippen LogP contribution in [0.3, 0.4) is 0 Å². The zero-order valence-electron chi connectivity index (χ0n) is 30.7. The van der Waals surface area contributed by atoms with E-state index in [1.165, 1.54) is 72.0 Å². The molecule has 0 atom stereocenters. The number of hydrogen-bond acceptors (Lipinski definition) is 1. The predicted octanol–water partition coefficient (Wildman–Crippen LogP) is 14.3. The lowest BCUT2D eigenvalue weighted by molar-refractivity contribution is 0.768. The van der Waals surface area contributed by atoms with E-state index in [0.29, 0.717) is 0 Å². The van der Waals surface area contributed by atoms with Crippen LogP contribution in [-0.2, 0) is 5.41 Å². The average molecular weight is 702 g/mol. The molecule has 0 saturated heterocycles. The van der Waals surface area contributed by atoms with E-state index in [0.717, 1.165) is 17.1 Å². The van der Waals surface area contributed by atoms with Gasteiger partial charge < -0.3 is 4.90 Å². The van der Waals surface area contributed by atoms with Crippen LogP contribution in [0.1, 0.15) is 27.8 Å². The molecule has 0 fully saturated rings. The van der Waals surface area contributed by atoms with Gasteiger partial charge in [0.05, 0.1) is 11.1 Å². The van der Waals surface area contributed by atoms with Crippen LogP contribution >= 0.6 is 0 Å². The molecule has 260 valence electrons. The highest BCUT2D eigenvalue weighted by Gasteiger charge is 2.46. The van der Waals surface area contributed by atoms with E-state index in [-0.39, 0.29) is 0 Å². The number of fused-ring (bicyclic) bond motifs is 4. The van der Waals surface area contributed by atoms with Crippen molar-refractivity contribution in [2.75, 3.05) is 4.90 Å². The van der Waals surface area contributed by atoms with Crippen molar-refractivity contribution in [3.63, 3.8) is 0 Å². The van der Waals surface area contributed by atoms with E-state index < -0.39 is 5.41 Å². The third kappa shape index (κ3) is 5.39. The van der Waals surface area contributed by atoms with E-state index in [1.807, 2.05) is 0 Å². The number of anilines is 3. The number of rotatable bonds is 7. The zero-order chi connectivity index (χ0) is 36.8. The number of benzene rings is 9.